The molecule has 0 amide bonds. The van der Waals surface area contributed by atoms with Crippen LogP contribution >= 0.6 is 0 Å². The Kier molecular flexibility index (Phi) is 6.91. The summed E-state index contributed by atoms with van der Waals surface area (Å²) in [5.41, 5.74) is 12.2. The molecular formula is C47H32N4. The van der Waals surface area contributed by atoms with Crippen molar-refractivity contribution < 1.29 is 0 Å². The normalized spacial score (nSPS) is 13.2. The van der Waals surface area contributed by atoms with Gasteiger partial charge in [0.05, 0.1) is 27.9 Å². The van der Waals surface area contributed by atoms with E-state index in [0.717, 1.165) is 63.2 Å². The summed E-state index contributed by atoms with van der Waals surface area (Å²) in [6, 6.07) is 53.6. The Balaban J connectivity index is 1.10. The zero-order chi connectivity index (χ0) is 33.7. The van der Waals surface area contributed by atoms with E-state index in [-0.39, 0.29) is 0 Å². The van der Waals surface area contributed by atoms with Crippen LogP contribution in [-0.2, 0) is 0 Å². The van der Waals surface area contributed by atoms with E-state index in [4.69, 9.17) is 9.97 Å². The number of rotatable bonds is 5. The van der Waals surface area contributed by atoms with E-state index in [9.17, 15) is 0 Å². The average molecular weight is 653 g/mol. The van der Waals surface area contributed by atoms with Gasteiger partial charge in [-0.1, -0.05) is 133 Å². The average Bonchev–Trinajstić information content (AvgIpc) is 3.55. The lowest BCUT2D eigenvalue weighted by molar-refractivity contribution is 0.981. The standard InChI is InChI=1S/C47H32N4/c1-2-14-37-31(10-1)11-7-18-39(37)43-30-42(33-25-27-36(28-26-33)51-44-19-5-3-15-40(44)41-16-4-6-20-45(41)51)49-47(50-43)35-23-21-32(22-24-35)38-17-8-12-34-13-9-29-48-46(34)38/h1-25,27,29-30H,26,28H2. The van der Waals surface area contributed by atoms with Gasteiger partial charge in [-0.25, -0.2) is 9.97 Å². The van der Waals surface area contributed by atoms with Crippen LogP contribution in [0.2, 0.25) is 0 Å². The number of benzene rings is 6. The molecule has 10 rings (SSSR count). The number of aromatic nitrogens is 4. The first-order valence-corrected chi connectivity index (χ1v) is 17.5. The first-order valence-electron chi connectivity index (χ1n) is 17.5. The number of pyridine rings is 1. The number of nitrogens with zero attached hydrogens (tertiary/aromatic N) is 4. The van der Waals surface area contributed by atoms with Crippen molar-refractivity contribution in [2.45, 2.75) is 12.8 Å². The first kappa shape index (κ1) is 29.3. The summed E-state index contributed by atoms with van der Waals surface area (Å²) in [5.74, 6) is 0.719. The molecule has 4 nitrogen and oxygen atoms in total. The van der Waals surface area contributed by atoms with Gasteiger partial charge in [-0.2, -0.15) is 0 Å². The third kappa shape index (κ3) is 5.03. The maximum absolute atomic E-state index is 5.25. The van der Waals surface area contributed by atoms with Crippen LogP contribution in [0.15, 0.2) is 170 Å². The molecule has 4 heteroatoms. The molecule has 240 valence electrons. The summed E-state index contributed by atoms with van der Waals surface area (Å²) in [6.45, 7) is 0. The van der Waals surface area contributed by atoms with Crippen molar-refractivity contribution in [3.8, 4) is 33.8 Å². The monoisotopic (exact) mass is 652 g/mol. The maximum Gasteiger partial charge on any atom is 0.160 e. The minimum absolute atomic E-state index is 0.719. The van der Waals surface area contributed by atoms with Crippen LogP contribution in [0.5, 0.6) is 0 Å². The molecule has 0 saturated heterocycles. The van der Waals surface area contributed by atoms with Crippen molar-refractivity contribution in [3.63, 3.8) is 0 Å². The molecule has 0 fully saturated rings. The van der Waals surface area contributed by atoms with Crippen LogP contribution in [0.4, 0.5) is 0 Å². The van der Waals surface area contributed by atoms with E-state index in [1.54, 1.807) is 0 Å². The largest absolute Gasteiger partial charge is 0.313 e. The number of allylic oxidation sites excluding steroid dienone is 4. The van der Waals surface area contributed by atoms with Gasteiger partial charge < -0.3 is 4.57 Å². The molecule has 0 aliphatic heterocycles. The number of para-hydroxylation sites is 3. The highest BCUT2D eigenvalue weighted by Gasteiger charge is 2.19. The SMILES string of the molecule is C1=C(c2cc(-c3cccc4ccccc34)nc(-c3ccc(-c4cccc5cccnc45)cc3)n2)CCC(n2c3ccccc3c3ccccc32)=C1. The predicted molar refractivity (Wildman–Crippen MR) is 212 cm³/mol. The van der Waals surface area contributed by atoms with Crippen LogP contribution in [0.3, 0.4) is 0 Å². The molecular weight excluding hydrogens is 621 g/mol. The smallest absolute Gasteiger partial charge is 0.160 e. The van der Waals surface area contributed by atoms with Gasteiger partial charge in [0.15, 0.2) is 5.82 Å². The Labute approximate surface area is 295 Å². The predicted octanol–water partition coefficient (Wildman–Crippen LogP) is 12.0. The minimum atomic E-state index is 0.719. The summed E-state index contributed by atoms with van der Waals surface area (Å²) in [7, 11) is 0. The van der Waals surface area contributed by atoms with Gasteiger partial charge in [-0.15, -0.1) is 0 Å². The molecule has 0 N–H and O–H groups in total. The van der Waals surface area contributed by atoms with Gasteiger partial charge in [0.25, 0.3) is 0 Å². The van der Waals surface area contributed by atoms with Gasteiger partial charge in [0.1, 0.15) is 0 Å². The highest BCUT2D eigenvalue weighted by Crippen LogP contribution is 2.38. The lowest BCUT2D eigenvalue weighted by atomic mass is 9.96. The fourth-order valence-corrected chi connectivity index (χ4v) is 7.72. The fourth-order valence-electron chi connectivity index (χ4n) is 7.72. The fraction of sp³-hybridized carbons (Fsp3) is 0.0426. The summed E-state index contributed by atoms with van der Waals surface area (Å²) < 4.78 is 2.43. The zero-order valence-corrected chi connectivity index (χ0v) is 27.9. The van der Waals surface area contributed by atoms with E-state index < -0.39 is 0 Å². The van der Waals surface area contributed by atoms with Gasteiger partial charge in [0.2, 0.25) is 0 Å². The Morgan fingerprint density at radius 2 is 1.10 bits per heavy atom. The summed E-state index contributed by atoms with van der Waals surface area (Å²) in [4.78, 5) is 15.2. The number of fused-ring (bicyclic) bond motifs is 5. The zero-order valence-electron chi connectivity index (χ0n) is 27.9. The highest BCUT2D eigenvalue weighted by molar-refractivity contribution is 6.10. The third-order valence-corrected chi connectivity index (χ3v) is 10.2. The van der Waals surface area contributed by atoms with E-state index in [0.29, 0.717) is 0 Å². The molecule has 51 heavy (non-hydrogen) atoms. The molecule has 0 radical (unpaired) electrons. The lowest BCUT2D eigenvalue weighted by Gasteiger charge is -2.19. The molecule has 3 heterocycles. The quantitative estimate of drug-likeness (QED) is 0.186. The van der Waals surface area contributed by atoms with Gasteiger partial charge >= 0.3 is 0 Å². The van der Waals surface area contributed by atoms with Crippen molar-refractivity contribution in [3.05, 3.63) is 176 Å². The Morgan fingerprint density at radius 3 is 1.86 bits per heavy atom. The van der Waals surface area contributed by atoms with Crippen molar-refractivity contribution >= 4 is 54.8 Å². The van der Waals surface area contributed by atoms with Crippen molar-refractivity contribution in [2.24, 2.45) is 0 Å². The number of hydrogen-bond donors (Lipinski definition) is 0. The third-order valence-electron chi connectivity index (χ3n) is 10.2. The van der Waals surface area contributed by atoms with Gasteiger partial charge in [0, 0.05) is 44.7 Å². The molecule has 0 saturated carbocycles. The molecule has 9 aromatic rings. The summed E-state index contributed by atoms with van der Waals surface area (Å²) in [5, 5.41) is 6.07. The maximum atomic E-state index is 5.25. The molecule has 3 aromatic heterocycles. The molecule has 0 atom stereocenters. The second-order valence-corrected chi connectivity index (χ2v) is 13.2. The van der Waals surface area contributed by atoms with Crippen molar-refractivity contribution in [1.29, 1.82) is 0 Å². The van der Waals surface area contributed by atoms with E-state index in [1.165, 1.54) is 43.8 Å². The van der Waals surface area contributed by atoms with Crippen molar-refractivity contribution in [1.82, 2.24) is 19.5 Å². The van der Waals surface area contributed by atoms with E-state index in [1.807, 2.05) is 12.3 Å². The van der Waals surface area contributed by atoms with E-state index in [2.05, 4.69) is 167 Å². The van der Waals surface area contributed by atoms with Crippen LogP contribution in [-0.4, -0.2) is 19.5 Å². The second-order valence-electron chi connectivity index (χ2n) is 13.2. The Bertz CT molecular complexity index is 2790. The number of hydrogen-bond acceptors (Lipinski definition) is 3. The Hall–Kier alpha value is -6.65. The van der Waals surface area contributed by atoms with E-state index >= 15 is 0 Å². The molecule has 0 bridgehead atoms. The van der Waals surface area contributed by atoms with Crippen LogP contribution in [0.1, 0.15) is 18.5 Å². The molecule has 0 unspecified atom stereocenters. The molecule has 1 aliphatic carbocycles. The van der Waals surface area contributed by atoms with Gasteiger partial charge in [-0.3, -0.25) is 4.98 Å². The topological polar surface area (TPSA) is 43.6 Å². The van der Waals surface area contributed by atoms with Crippen LogP contribution < -0.4 is 0 Å². The van der Waals surface area contributed by atoms with Gasteiger partial charge in [-0.05, 0) is 65.1 Å². The minimum Gasteiger partial charge on any atom is -0.313 e. The van der Waals surface area contributed by atoms with Crippen molar-refractivity contribution in [2.75, 3.05) is 0 Å². The molecule has 6 aromatic carbocycles. The second kappa shape index (κ2) is 12.0. The first-order chi connectivity index (χ1) is 25.3. The lowest BCUT2D eigenvalue weighted by Crippen LogP contribution is -2.03. The molecule has 0 spiro atoms. The van der Waals surface area contributed by atoms with Crippen LogP contribution in [0.25, 0.3) is 88.5 Å². The highest BCUT2D eigenvalue weighted by atomic mass is 15.0. The molecule has 1 aliphatic rings. The Morgan fingerprint density at radius 1 is 0.471 bits per heavy atom. The summed E-state index contributed by atoms with van der Waals surface area (Å²) >= 11 is 0. The summed E-state index contributed by atoms with van der Waals surface area (Å²) in [6.07, 6.45) is 8.19. The van der Waals surface area contributed by atoms with Crippen LogP contribution in [0, 0.1) is 0 Å².